The molecular weight excluding hydrogens is 212 g/mol. The van der Waals surface area contributed by atoms with E-state index in [0.29, 0.717) is 0 Å². The Morgan fingerprint density at radius 1 is 1.41 bits per heavy atom. The van der Waals surface area contributed by atoms with Gasteiger partial charge in [-0.15, -0.1) is 0 Å². The molecule has 0 aliphatic rings. The average Bonchev–Trinajstić information content (AvgIpc) is 2.69. The van der Waals surface area contributed by atoms with Crippen LogP contribution in [0.5, 0.6) is 0 Å². The first-order chi connectivity index (χ1) is 8.16. The Hall–Kier alpha value is -1.68. The molecule has 3 N–H and O–H groups in total. The lowest BCUT2D eigenvalue weighted by Crippen LogP contribution is -2.15. The average molecular weight is 230 g/mol. The summed E-state index contributed by atoms with van der Waals surface area (Å²) in [6.45, 7) is 4.03. The third kappa shape index (κ3) is 2.91. The van der Waals surface area contributed by atoms with Gasteiger partial charge in [-0.1, -0.05) is 6.07 Å². The number of pyridine rings is 1. The molecular formula is C13H18N4. The van der Waals surface area contributed by atoms with Crippen molar-refractivity contribution < 1.29 is 0 Å². The zero-order valence-electron chi connectivity index (χ0n) is 10.3. The minimum atomic E-state index is 0.207. The zero-order chi connectivity index (χ0) is 12.3. The first-order valence-electron chi connectivity index (χ1n) is 5.89. The highest BCUT2D eigenvalue weighted by Crippen LogP contribution is 2.18. The highest BCUT2D eigenvalue weighted by molar-refractivity contribution is 5.56. The summed E-state index contributed by atoms with van der Waals surface area (Å²) in [5.41, 5.74) is 8.65. The van der Waals surface area contributed by atoms with Crippen LogP contribution in [-0.4, -0.2) is 21.0 Å². The monoisotopic (exact) mass is 230 g/mol. The summed E-state index contributed by atoms with van der Waals surface area (Å²) in [5, 5.41) is 0. The molecule has 0 radical (unpaired) electrons. The third-order valence-electron chi connectivity index (χ3n) is 2.68. The van der Waals surface area contributed by atoms with E-state index in [9.17, 15) is 0 Å². The Bertz CT molecular complexity index is 473. The molecule has 0 saturated carbocycles. The van der Waals surface area contributed by atoms with Crippen LogP contribution in [-0.2, 0) is 6.42 Å². The van der Waals surface area contributed by atoms with Gasteiger partial charge in [0, 0.05) is 24.4 Å². The minimum Gasteiger partial charge on any atom is -0.346 e. The van der Waals surface area contributed by atoms with Crippen LogP contribution in [0.2, 0.25) is 0 Å². The molecule has 2 heterocycles. The third-order valence-corrected chi connectivity index (χ3v) is 2.68. The van der Waals surface area contributed by atoms with E-state index in [1.807, 2.05) is 32.0 Å². The largest absolute Gasteiger partial charge is 0.346 e. The molecule has 0 spiro atoms. The van der Waals surface area contributed by atoms with Gasteiger partial charge in [-0.2, -0.15) is 0 Å². The SMILES string of the molecule is Cc1[nH]c(CCC(C)N)nc1-c1ccccn1. The molecule has 2 rings (SSSR count). The van der Waals surface area contributed by atoms with E-state index < -0.39 is 0 Å². The number of aryl methyl sites for hydroxylation is 2. The molecule has 0 aliphatic carbocycles. The summed E-state index contributed by atoms with van der Waals surface area (Å²) in [6, 6.07) is 6.05. The Balaban J connectivity index is 2.20. The van der Waals surface area contributed by atoms with E-state index in [1.165, 1.54) is 0 Å². The topological polar surface area (TPSA) is 67.6 Å². The molecule has 1 atom stereocenters. The fraction of sp³-hybridized carbons (Fsp3) is 0.385. The number of H-pyrrole nitrogens is 1. The maximum atomic E-state index is 5.74. The minimum absolute atomic E-state index is 0.207. The number of nitrogens with two attached hydrogens (primary N) is 1. The summed E-state index contributed by atoms with van der Waals surface area (Å²) < 4.78 is 0. The van der Waals surface area contributed by atoms with Crippen LogP contribution in [0.3, 0.4) is 0 Å². The molecule has 0 fully saturated rings. The van der Waals surface area contributed by atoms with Gasteiger partial charge in [-0.25, -0.2) is 4.98 Å². The van der Waals surface area contributed by atoms with Gasteiger partial charge in [0.15, 0.2) is 0 Å². The number of imidazole rings is 1. The predicted molar refractivity (Wildman–Crippen MR) is 68.5 cm³/mol. The molecule has 90 valence electrons. The summed E-state index contributed by atoms with van der Waals surface area (Å²) in [5.74, 6) is 0.987. The van der Waals surface area contributed by atoms with Crippen LogP contribution in [0, 0.1) is 6.92 Å². The Morgan fingerprint density at radius 3 is 2.88 bits per heavy atom. The first-order valence-corrected chi connectivity index (χ1v) is 5.89. The maximum Gasteiger partial charge on any atom is 0.110 e. The molecule has 0 aliphatic heterocycles. The summed E-state index contributed by atoms with van der Waals surface area (Å²) in [4.78, 5) is 12.2. The Kier molecular flexibility index (Phi) is 3.54. The summed E-state index contributed by atoms with van der Waals surface area (Å²) >= 11 is 0. The maximum absolute atomic E-state index is 5.74. The van der Waals surface area contributed by atoms with Crippen molar-refractivity contribution in [2.75, 3.05) is 0 Å². The number of aromatic nitrogens is 3. The normalized spacial score (nSPS) is 12.6. The first kappa shape index (κ1) is 11.8. The number of aromatic amines is 1. The number of hydrogen-bond donors (Lipinski definition) is 2. The van der Waals surface area contributed by atoms with Gasteiger partial charge < -0.3 is 10.7 Å². The molecule has 4 heteroatoms. The lowest BCUT2D eigenvalue weighted by atomic mass is 10.2. The highest BCUT2D eigenvalue weighted by atomic mass is 14.9. The molecule has 2 aromatic rings. The van der Waals surface area contributed by atoms with Gasteiger partial charge in [0.1, 0.15) is 11.5 Å². The van der Waals surface area contributed by atoms with Gasteiger partial charge in [-0.3, -0.25) is 4.98 Å². The molecule has 2 aromatic heterocycles. The van der Waals surface area contributed by atoms with E-state index in [2.05, 4.69) is 15.0 Å². The van der Waals surface area contributed by atoms with E-state index in [1.54, 1.807) is 6.20 Å². The molecule has 0 amide bonds. The van der Waals surface area contributed by atoms with Gasteiger partial charge in [-0.05, 0) is 32.4 Å². The van der Waals surface area contributed by atoms with Gasteiger partial charge >= 0.3 is 0 Å². The predicted octanol–water partition coefficient (Wildman–Crippen LogP) is 2.06. The van der Waals surface area contributed by atoms with Crippen LogP contribution >= 0.6 is 0 Å². The fourth-order valence-electron chi connectivity index (χ4n) is 1.76. The second-order valence-corrected chi connectivity index (χ2v) is 4.39. The van der Waals surface area contributed by atoms with Gasteiger partial charge in [0.25, 0.3) is 0 Å². The number of nitrogens with zero attached hydrogens (tertiary/aromatic N) is 2. The quantitative estimate of drug-likeness (QED) is 0.844. The van der Waals surface area contributed by atoms with Crippen molar-refractivity contribution in [2.45, 2.75) is 32.7 Å². The molecule has 0 aromatic carbocycles. The molecule has 0 saturated heterocycles. The number of hydrogen-bond acceptors (Lipinski definition) is 3. The van der Waals surface area contributed by atoms with Crippen molar-refractivity contribution in [1.29, 1.82) is 0 Å². The summed E-state index contributed by atoms with van der Waals surface area (Å²) in [6.07, 6.45) is 3.60. The van der Waals surface area contributed by atoms with Gasteiger partial charge in [0.05, 0.1) is 5.69 Å². The van der Waals surface area contributed by atoms with Crippen molar-refractivity contribution in [3.63, 3.8) is 0 Å². The van der Waals surface area contributed by atoms with E-state index in [0.717, 1.165) is 35.7 Å². The van der Waals surface area contributed by atoms with E-state index >= 15 is 0 Å². The van der Waals surface area contributed by atoms with Crippen molar-refractivity contribution in [1.82, 2.24) is 15.0 Å². The molecule has 4 nitrogen and oxygen atoms in total. The van der Waals surface area contributed by atoms with Crippen molar-refractivity contribution in [2.24, 2.45) is 5.73 Å². The molecule has 17 heavy (non-hydrogen) atoms. The Morgan fingerprint density at radius 2 is 2.24 bits per heavy atom. The Labute approximate surface area is 101 Å². The second-order valence-electron chi connectivity index (χ2n) is 4.39. The van der Waals surface area contributed by atoms with Crippen LogP contribution in [0.25, 0.3) is 11.4 Å². The van der Waals surface area contributed by atoms with Crippen LogP contribution in [0.15, 0.2) is 24.4 Å². The van der Waals surface area contributed by atoms with Crippen molar-refractivity contribution in [3.05, 3.63) is 35.9 Å². The second kappa shape index (κ2) is 5.10. The fourth-order valence-corrected chi connectivity index (χ4v) is 1.76. The van der Waals surface area contributed by atoms with Crippen molar-refractivity contribution >= 4 is 0 Å². The van der Waals surface area contributed by atoms with Crippen LogP contribution in [0.4, 0.5) is 0 Å². The van der Waals surface area contributed by atoms with Crippen molar-refractivity contribution in [3.8, 4) is 11.4 Å². The number of nitrogens with one attached hydrogen (secondary N) is 1. The lowest BCUT2D eigenvalue weighted by Gasteiger charge is -2.01. The number of rotatable bonds is 4. The zero-order valence-corrected chi connectivity index (χ0v) is 10.3. The molecule has 1 unspecified atom stereocenters. The highest BCUT2D eigenvalue weighted by Gasteiger charge is 2.09. The smallest absolute Gasteiger partial charge is 0.110 e. The van der Waals surface area contributed by atoms with Gasteiger partial charge in [0.2, 0.25) is 0 Å². The standard InChI is InChI=1S/C13H18N4/c1-9(14)6-7-12-16-10(2)13(17-12)11-5-3-4-8-15-11/h3-5,8-9H,6-7,14H2,1-2H3,(H,16,17). The van der Waals surface area contributed by atoms with E-state index in [-0.39, 0.29) is 6.04 Å². The molecule has 0 bridgehead atoms. The summed E-state index contributed by atoms with van der Waals surface area (Å²) in [7, 11) is 0. The van der Waals surface area contributed by atoms with Crippen LogP contribution < -0.4 is 5.73 Å². The van der Waals surface area contributed by atoms with E-state index in [4.69, 9.17) is 5.73 Å². The van der Waals surface area contributed by atoms with Crippen LogP contribution in [0.1, 0.15) is 24.9 Å². The lowest BCUT2D eigenvalue weighted by molar-refractivity contribution is 0.651.